The molecule has 0 fully saturated rings. The van der Waals surface area contributed by atoms with Gasteiger partial charge in [-0.2, -0.15) is 4.98 Å². The van der Waals surface area contributed by atoms with E-state index in [-0.39, 0.29) is 0 Å². The Morgan fingerprint density at radius 2 is 1.71 bits per heavy atom. The first-order valence-electron chi connectivity index (χ1n) is 9.05. The van der Waals surface area contributed by atoms with Crippen molar-refractivity contribution >= 4 is 54.8 Å². The van der Waals surface area contributed by atoms with Gasteiger partial charge in [0.25, 0.3) is 0 Å². The Balaban J connectivity index is 1.89. The molecule has 0 amide bonds. The molecule has 0 saturated carbocycles. The SMILES string of the molecule is COc1ccc(Nc2ncc(Br)c(Nc3ccc(C)cc3NS(C)(=O)=O)n2)cc1OC. The molecule has 3 N–H and O–H groups in total. The molecule has 0 radical (unpaired) electrons. The molecule has 2 aromatic carbocycles. The summed E-state index contributed by atoms with van der Waals surface area (Å²) in [6.07, 6.45) is 2.70. The highest BCUT2D eigenvalue weighted by Crippen LogP contribution is 2.33. The lowest BCUT2D eigenvalue weighted by Crippen LogP contribution is -2.11. The fraction of sp³-hybridized carbons (Fsp3) is 0.200. The van der Waals surface area contributed by atoms with Gasteiger partial charge in [0.1, 0.15) is 5.82 Å². The number of ether oxygens (including phenoxy) is 2. The molecule has 164 valence electrons. The summed E-state index contributed by atoms with van der Waals surface area (Å²) in [5.74, 6) is 1.97. The number of sulfonamides is 1. The fourth-order valence-electron chi connectivity index (χ4n) is 2.74. The minimum atomic E-state index is -3.45. The predicted octanol–water partition coefficient (Wildman–Crippen LogP) is 4.42. The molecule has 3 rings (SSSR count). The number of aryl methyl sites for hydroxylation is 1. The van der Waals surface area contributed by atoms with Crippen LogP contribution < -0.4 is 24.8 Å². The van der Waals surface area contributed by atoms with E-state index in [1.165, 1.54) is 0 Å². The van der Waals surface area contributed by atoms with Gasteiger partial charge in [0, 0.05) is 18.0 Å². The Bertz CT molecular complexity index is 1200. The maximum absolute atomic E-state index is 11.7. The third kappa shape index (κ3) is 5.98. The summed E-state index contributed by atoms with van der Waals surface area (Å²) in [4.78, 5) is 8.77. The lowest BCUT2D eigenvalue weighted by atomic mass is 10.2. The summed E-state index contributed by atoms with van der Waals surface area (Å²) in [5.41, 5.74) is 2.59. The number of hydrogen-bond acceptors (Lipinski definition) is 8. The van der Waals surface area contributed by atoms with Crippen molar-refractivity contribution in [3.05, 3.63) is 52.6 Å². The summed E-state index contributed by atoms with van der Waals surface area (Å²) in [5, 5.41) is 6.26. The minimum absolute atomic E-state index is 0.336. The number of methoxy groups -OCH3 is 2. The van der Waals surface area contributed by atoms with Crippen LogP contribution >= 0.6 is 15.9 Å². The number of rotatable bonds is 8. The summed E-state index contributed by atoms with van der Waals surface area (Å²) >= 11 is 3.43. The highest BCUT2D eigenvalue weighted by Gasteiger charge is 2.12. The second-order valence-corrected chi connectivity index (χ2v) is 9.24. The Morgan fingerprint density at radius 1 is 0.968 bits per heavy atom. The molecule has 0 saturated heterocycles. The van der Waals surface area contributed by atoms with Crippen LogP contribution in [-0.2, 0) is 10.0 Å². The number of nitrogens with one attached hydrogen (secondary N) is 3. The van der Waals surface area contributed by atoms with Crippen molar-refractivity contribution < 1.29 is 17.9 Å². The number of anilines is 5. The van der Waals surface area contributed by atoms with Crippen LogP contribution in [0.15, 0.2) is 47.1 Å². The zero-order valence-corrected chi connectivity index (χ0v) is 19.8. The maximum atomic E-state index is 11.7. The van der Waals surface area contributed by atoms with Gasteiger partial charge in [-0.1, -0.05) is 6.07 Å². The van der Waals surface area contributed by atoms with E-state index in [9.17, 15) is 8.42 Å². The number of aromatic nitrogens is 2. The van der Waals surface area contributed by atoms with Gasteiger partial charge in [-0.3, -0.25) is 4.72 Å². The zero-order valence-electron chi connectivity index (χ0n) is 17.4. The van der Waals surface area contributed by atoms with Gasteiger partial charge in [0.05, 0.1) is 36.3 Å². The Morgan fingerprint density at radius 3 is 2.39 bits per heavy atom. The highest BCUT2D eigenvalue weighted by atomic mass is 79.9. The standard InChI is InChI=1S/C20H22BrN5O4S/c1-12-5-7-15(16(9-12)26-31(4,27)28)24-19-14(21)11-22-20(25-19)23-13-6-8-17(29-2)18(10-13)30-3/h5-11,26H,1-4H3,(H2,22,23,24,25). The molecule has 0 aliphatic heterocycles. The Kier molecular flexibility index (Phi) is 6.86. The van der Waals surface area contributed by atoms with Crippen molar-refractivity contribution in [1.82, 2.24) is 9.97 Å². The van der Waals surface area contributed by atoms with Gasteiger partial charge in [0.15, 0.2) is 11.5 Å². The molecule has 0 bridgehead atoms. The first-order valence-corrected chi connectivity index (χ1v) is 11.7. The van der Waals surface area contributed by atoms with E-state index in [1.54, 1.807) is 44.7 Å². The van der Waals surface area contributed by atoms with Crippen LogP contribution in [-0.4, -0.2) is 38.9 Å². The van der Waals surface area contributed by atoms with Gasteiger partial charge in [-0.05, 0) is 52.7 Å². The second kappa shape index (κ2) is 9.40. The molecule has 31 heavy (non-hydrogen) atoms. The molecule has 1 aromatic heterocycles. The molecular formula is C20H22BrN5O4S. The first kappa shape index (κ1) is 22.6. The average molecular weight is 508 g/mol. The van der Waals surface area contributed by atoms with Crippen molar-refractivity contribution in [3.8, 4) is 11.5 Å². The summed E-state index contributed by atoms with van der Waals surface area (Å²) in [7, 11) is -0.322. The smallest absolute Gasteiger partial charge is 0.229 e. The van der Waals surface area contributed by atoms with Gasteiger partial charge in [-0.25, -0.2) is 13.4 Å². The minimum Gasteiger partial charge on any atom is -0.493 e. The molecule has 11 heteroatoms. The van der Waals surface area contributed by atoms with E-state index in [0.717, 1.165) is 11.8 Å². The van der Waals surface area contributed by atoms with E-state index in [2.05, 4.69) is 41.3 Å². The van der Waals surface area contributed by atoms with E-state index in [0.29, 0.717) is 44.8 Å². The predicted molar refractivity (Wildman–Crippen MR) is 125 cm³/mol. The Labute approximate surface area is 189 Å². The quantitative estimate of drug-likeness (QED) is 0.410. The lowest BCUT2D eigenvalue weighted by molar-refractivity contribution is 0.355. The molecule has 0 atom stereocenters. The number of halogens is 1. The molecule has 9 nitrogen and oxygen atoms in total. The molecule has 0 unspecified atom stereocenters. The third-order valence-corrected chi connectivity index (χ3v) is 5.28. The van der Waals surface area contributed by atoms with Gasteiger partial charge in [-0.15, -0.1) is 0 Å². The molecule has 0 aliphatic carbocycles. The van der Waals surface area contributed by atoms with Gasteiger partial charge >= 0.3 is 0 Å². The third-order valence-electron chi connectivity index (χ3n) is 4.11. The van der Waals surface area contributed by atoms with Crippen molar-refractivity contribution in [1.29, 1.82) is 0 Å². The van der Waals surface area contributed by atoms with E-state index < -0.39 is 10.0 Å². The van der Waals surface area contributed by atoms with Crippen LogP contribution in [0.4, 0.5) is 28.8 Å². The highest BCUT2D eigenvalue weighted by molar-refractivity contribution is 9.10. The van der Waals surface area contributed by atoms with Crippen molar-refractivity contribution in [3.63, 3.8) is 0 Å². The van der Waals surface area contributed by atoms with Crippen molar-refractivity contribution in [2.45, 2.75) is 6.92 Å². The summed E-state index contributed by atoms with van der Waals surface area (Å²) in [6, 6.07) is 10.7. The topological polar surface area (TPSA) is 114 Å². The lowest BCUT2D eigenvalue weighted by Gasteiger charge is -2.15. The Hall–Kier alpha value is -3.05. The second-order valence-electron chi connectivity index (χ2n) is 6.63. The van der Waals surface area contributed by atoms with Crippen molar-refractivity contribution in [2.24, 2.45) is 0 Å². The maximum Gasteiger partial charge on any atom is 0.229 e. The van der Waals surface area contributed by atoms with E-state index >= 15 is 0 Å². The van der Waals surface area contributed by atoms with Crippen LogP contribution in [0.3, 0.4) is 0 Å². The van der Waals surface area contributed by atoms with E-state index in [1.807, 2.05) is 19.1 Å². The number of nitrogens with zero attached hydrogens (tertiary/aromatic N) is 2. The van der Waals surface area contributed by atoms with Crippen LogP contribution in [0, 0.1) is 6.92 Å². The van der Waals surface area contributed by atoms with Gasteiger partial charge < -0.3 is 20.1 Å². The van der Waals surface area contributed by atoms with Crippen LogP contribution in [0.2, 0.25) is 0 Å². The molecule has 1 heterocycles. The average Bonchev–Trinajstić information content (AvgIpc) is 2.71. The molecule has 0 spiro atoms. The van der Waals surface area contributed by atoms with Crippen LogP contribution in [0.25, 0.3) is 0 Å². The number of benzene rings is 2. The van der Waals surface area contributed by atoms with Gasteiger partial charge in [0.2, 0.25) is 16.0 Å². The van der Waals surface area contributed by atoms with Crippen LogP contribution in [0.1, 0.15) is 5.56 Å². The van der Waals surface area contributed by atoms with Crippen molar-refractivity contribution in [2.75, 3.05) is 35.8 Å². The zero-order chi connectivity index (χ0) is 22.6. The number of hydrogen-bond donors (Lipinski definition) is 3. The van der Waals surface area contributed by atoms with Crippen LogP contribution in [0.5, 0.6) is 11.5 Å². The fourth-order valence-corrected chi connectivity index (χ4v) is 3.60. The summed E-state index contributed by atoms with van der Waals surface area (Å²) < 4.78 is 37.2. The summed E-state index contributed by atoms with van der Waals surface area (Å²) in [6.45, 7) is 1.88. The first-order chi connectivity index (χ1) is 14.7. The monoisotopic (exact) mass is 507 g/mol. The molecule has 0 aliphatic rings. The normalized spacial score (nSPS) is 11.0. The molecule has 3 aromatic rings. The largest absolute Gasteiger partial charge is 0.493 e. The molecular weight excluding hydrogens is 486 g/mol. The van der Waals surface area contributed by atoms with E-state index in [4.69, 9.17) is 9.47 Å².